The molecule has 0 saturated heterocycles. The van der Waals surface area contributed by atoms with Gasteiger partial charge in [-0.3, -0.25) is 4.40 Å². The van der Waals surface area contributed by atoms with Crippen LogP contribution in [0.15, 0.2) is 24.4 Å². The Morgan fingerprint density at radius 1 is 1.54 bits per heavy atom. The van der Waals surface area contributed by atoms with Gasteiger partial charge in [0.2, 0.25) is 0 Å². The lowest BCUT2D eigenvalue weighted by Gasteiger charge is -1.95. The number of anilines is 1. The molecule has 0 fully saturated rings. The van der Waals surface area contributed by atoms with E-state index in [1.807, 2.05) is 28.8 Å². The van der Waals surface area contributed by atoms with Crippen LogP contribution in [0.3, 0.4) is 0 Å². The van der Waals surface area contributed by atoms with Crippen molar-refractivity contribution < 1.29 is 4.74 Å². The second-order valence-corrected chi connectivity index (χ2v) is 2.84. The highest BCUT2D eigenvalue weighted by molar-refractivity contribution is 5.48. The lowest BCUT2D eigenvalue weighted by molar-refractivity contribution is 0.182. The van der Waals surface area contributed by atoms with E-state index < -0.39 is 0 Å². The normalized spacial score (nSPS) is 10.8. The minimum Gasteiger partial charge on any atom is -0.385 e. The van der Waals surface area contributed by atoms with Gasteiger partial charge in [0, 0.05) is 13.3 Å². The van der Waals surface area contributed by atoms with Crippen molar-refractivity contribution in [2.45, 2.75) is 6.61 Å². The second-order valence-electron chi connectivity index (χ2n) is 2.84. The van der Waals surface area contributed by atoms with Gasteiger partial charge < -0.3 is 10.5 Å². The molecule has 0 saturated carbocycles. The molecule has 0 aliphatic carbocycles. The Labute approximate surface area is 76.0 Å². The maximum atomic E-state index is 5.75. The summed E-state index contributed by atoms with van der Waals surface area (Å²) in [6, 6.07) is 5.63. The highest BCUT2D eigenvalue weighted by atomic mass is 16.5. The molecule has 0 spiro atoms. The number of ether oxygens (including phenoxy) is 1. The van der Waals surface area contributed by atoms with Crippen LogP contribution in [0.5, 0.6) is 0 Å². The molecule has 2 aromatic heterocycles. The summed E-state index contributed by atoms with van der Waals surface area (Å²) in [6.07, 6.45) is 1.88. The number of imidazole rings is 1. The number of rotatable bonds is 2. The van der Waals surface area contributed by atoms with Gasteiger partial charge >= 0.3 is 0 Å². The smallest absolute Gasteiger partial charge is 0.138 e. The van der Waals surface area contributed by atoms with Crippen LogP contribution in [0.2, 0.25) is 0 Å². The fourth-order valence-corrected chi connectivity index (χ4v) is 1.30. The molecule has 0 aliphatic rings. The second kappa shape index (κ2) is 3.06. The van der Waals surface area contributed by atoms with Crippen LogP contribution in [0.4, 0.5) is 5.82 Å². The van der Waals surface area contributed by atoms with Gasteiger partial charge in [0.15, 0.2) is 0 Å². The molecule has 13 heavy (non-hydrogen) atoms. The van der Waals surface area contributed by atoms with Gasteiger partial charge in [-0.1, -0.05) is 6.07 Å². The van der Waals surface area contributed by atoms with Gasteiger partial charge in [0.25, 0.3) is 0 Å². The molecule has 68 valence electrons. The number of aromatic nitrogens is 2. The fourth-order valence-electron chi connectivity index (χ4n) is 1.30. The molecule has 0 aromatic carbocycles. The summed E-state index contributed by atoms with van der Waals surface area (Å²) in [4.78, 5) is 4.32. The Morgan fingerprint density at radius 2 is 2.38 bits per heavy atom. The molecule has 0 bridgehead atoms. The third-order valence-corrected chi connectivity index (χ3v) is 1.87. The first kappa shape index (κ1) is 8.07. The van der Waals surface area contributed by atoms with Crippen molar-refractivity contribution in [3.8, 4) is 0 Å². The minimum absolute atomic E-state index is 0.515. The Kier molecular flexibility index (Phi) is 1.90. The first-order valence-corrected chi connectivity index (χ1v) is 4.02. The summed E-state index contributed by atoms with van der Waals surface area (Å²) < 4.78 is 6.82. The van der Waals surface area contributed by atoms with Gasteiger partial charge in [-0.05, 0) is 12.1 Å². The van der Waals surface area contributed by atoms with E-state index in [0.29, 0.717) is 12.4 Å². The van der Waals surface area contributed by atoms with E-state index in [-0.39, 0.29) is 0 Å². The Morgan fingerprint density at radius 3 is 3.08 bits per heavy atom. The lowest BCUT2D eigenvalue weighted by atomic mass is 10.4. The summed E-state index contributed by atoms with van der Waals surface area (Å²) in [5.74, 6) is 0.687. The third kappa shape index (κ3) is 1.36. The highest BCUT2D eigenvalue weighted by Gasteiger charge is 2.01. The van der Waals surface area contributed by atoms with E-state index in [4.69, 9.17) is 10.5 Å². The summed E-state index contributed by atoms with van der Waals surface area (Å²) in [5, 5.41) is 0. The molecule has 0 aliphatic heterocycles. The largest absolute Gasteiger partial charge is 0.385 e. The number of nitrogen functional groups attached to an aromatic ring is 1. The summed E-state index contributed by atoms with van der Waals surface area (Å²) in [5.41, 5.74) is 7.49. The number of fused-ring (bicyclic) bond motifs is 1. The predicted octanol–water partition coefficient (Wildman–Crippen LogP) is 1.06. The maximum Gasteiger partial charge on any atom is 0.138 e. The molecule has 2 N–H and O–H groups in total. The zero-order valence-corrected chi connectivity index (χ0v) is 7.40. The Balaban J connectivity index is 2.55. The standard InChI is InChI=1S/C9H11N3O/c1-13-6-7-5-12-8(10)3-2-4-9(12)11-7/h2-5H,6,10H2,1H3. The topological polar surface area (TPSA) is 52.5 Å². The van der Waals surface area contributed by atoms with Gasteiger partial charge in [-0.2, -0.15) is 0 Å². The van der Waals surface area contributed by atoms with Gasteiger partial charge in [-0.15, -0.1) is 0 Å². The molecule has 2 aromatic rings. The molecule has 0 amide bonds. The number of hydrogen-bond donors (Lipinski definition) is 1. The van der Waals surface area contributed by atoms with Crippen LogP contribution in [-0.4, -0.2) is 16.5 Å². The zero-order chi connectivity index (χ0) is 9.26. The molecule has 4 heteroatoms. The number of methoxy groups -OCH3 is 1. The Hall–Kier alpha value is -1.55. The van der Waals surface area contributed by atoms with Gasteiger partial charge in [0.1, 0.15) is 11.5 Å². The molecular formula is C9H11N3O. The maximum absolute atomic E-state index is 5.75. The molecule has 0 atom stereocenters. The van der Waals surface area contributed by atoms with Crippen LogP contribution in [0, 0.1) is 0 Å². The van der Waals surface area contributed by atoms with Crippen LogP contribution in [0.1, 0.15) is 5.69 Å². The molecule has 0 radical (unpaired) electrons. The van der Waals surface area contributed by atoms with Crippen LogP contribution in [-0.2, 0) is 11.3 Å². The van der Waals surface area contributed by atoms with E-state index in [1.54, 1.807) is 7.11 Å². The van der Waals surface area contributed by atoms with Crippen molar-refractivity contribution in [1.29, 1.82) is 0 Å². The van der Waals surface area contributed by atoms with Crippen molar-refractivity contribution in [3.05, 3.63) is 30.1 Å². The molecular weight excluding hydrogens is 166 g/mol. The SMILES string of the molecule is COCc1cn2c(N)cccc2n1. The quantitative estimate of drug-likeness (QED) is 0.746. The summed E-state index contributed by atoms with van der Waals surface area (Å²) in [7, 11) is 1.65. The first-order valence-electron chi connectivity index (χ1n) is 4.02. The molecule has 2 rings (SSSR count). The number of pyridine rings is 1. The van der Waals surface area contributed by atoms with E-state index in [1.165, 1.54) is 0 Å². The predicted molar refractivity (Wildman–Crippen MR) is 50.3 cm³/mol. The van der Waals surface area contributed by atoms with E-state index in [9.17, 15) is 0 Å². The zero-order valence-electron chi connectivity index (χ0n) is 7.40. The third-order valence-electron chi connectivity index (χ3n) is 1.87. The summed E-state index contributed by atoms with van der Waals surface area (Å²) in [6.45, 7) is 0.515. The minimum atomic E-state index is 0.515. The van der Waals surface area contributed by atoms with Crippen LogP contribution < -0.4 is 5.73 Å². The van der Waals surface area contributed by atoms with Crippen molar-refractivity contribution in [2.24, 2.45) is 0 Å². The van der Waals surface area contributed by atoms with Crippen LogP contribution >= 0.6 is 0 Å². The Bertz CT molecular complexity index is 422. The van der Waals surface area contributed by atoms with Gasteiger partial charge in [-0.25, -0.2) is 4.98 Å². The first-order chi connectivity index (χ1) is 6.31. The monoisotopic (exact) mass is 177 g/mol. The summed E-state index contributed by atoms with van der Waals surface area (Å²) >= 11 is 0. The highest BCUT2D eigenvalue weighted by Crippen LogP contribution is 2.10. The number of nitrogens with two attached hydrogens (primary N) is 1. The van der Waals surface area contributed by atoms with E-state index in [0.717, 1.165) is 11.3 Å². The fraction of sp³-hybridized carbons (Fsp3) is 0.222. The number of hydrogen-bond acceptors (Lipinski definition) is 3. The average Bonchev–Trinajstić information content (AvgIpc) is 2.49. The van der Waals surface area contributed by atoms with Crippen molar-refractivity contribution in [2.75, 3.05) is 12.8 Å². The average molecular weight is 177 g/mol. The lowest BCUT2D eigenvalue weighted by Crippen LogP contribution is -1.93. The number of nitrogens with zero attached hydrogens (tertiary/aromatic N) is 2. The molecule has 4 nitrogen and oxygen atoms in total. The van der Waals surface area contributed by atoms with Crippen molar-refractivity contribution in [3.63, 3.8) is 0 Å². The molecule has 0 unspecified atom stereocenters. The van der Waals surface area contributed by atoms with Crippen molar-refractivity contribution >= 4 is 11.5 Å². The van der Waals surface area contributed by atoms with E-state index in [2.05, 4.69) is 4.98 Å². The molecule has 2 heterocycles. The van der Waals surface area contributed by atoms with E-state index >= 15 is 0 Å². The van der Waals surface area contributed by atoms with Gasteiger partial charge in [0.05, 0.1) is 12.3 Å². The van der Waals surface area contributed by atoms with Crippen LogP contribution in [0.25, 0.3) is 5.65 Å². The van der Waals surface area contributed by atoms with Crippen molar-refractivity contribution in [1.82, 2.24) is 9.38 Å².